The van der Waals surface area contributed by atoms with Crippen LogP contribution in [0, 0.1) is 0 Å². The van der Waals surface area contributed by atoms with Crippen molar-refractivity contribution < 1.29 is 8.42 Å². The SMILES string of the molecule is CCCCN(C)c1ncccc1S(C)(=O)=O. The van der Waals surface area contributed by atoms with Gasteiger partial charge in [-0.2, -0.15) is 0 Å². The summed E-state index contributed by atoms with van der Waals surface area (Å²) < 4.78 is 23.1. The largest absolute Gasteiger partial charge is 0.359 e. The second-order valence-corrected chi connectivity index (χ2v) is 5.86. The van der Waals surface area contributed by atoms with E-state index in [1.54, 1.807) is 18.3 Å². The normalized spacial score (nSPS) is 11.4. The maximum Gasteiger partial charge on any atom is 0.179 e. The number of pyridine rings is 1. The van der Waals surface area contributed by atoms with Gasteiger partial charge in [0.2, 0.25) is 0 Å². The number of hydrogen-bond donors (Lipinski definition) is 0. The van der Waals surface area contributed by atoms with E-state index < -0.39 is 9.84 Å². The van der Waals surface area contributed by atoms with Crippen LogP contribution in [-0.2, 0) is 9.84 Å². The number of unbranched alkanes of at least 4 members (excludes halogenated alkanes) is 1. The predicted molar refractivity (Wildman–Crippen MR) is 65.5 cm³/mol. The van der Waals surface area contributed by atoms with Crippen molar-refractivity contribution in [3.05, 3.63) is 18.3 Å². The van der Waals surface area contributed by atoms with Crippen LogP contribution < -0.4 is 4.90 Å². The molecule has 0 aliphatic heterocycles. The third kappa shape index (κ3) is 3.20. The number of hydrogen-bond acceptors (Lipinski definition) is 4. The molecule has 1 rings (SSSR count). The summed E-state index contributed by atoms with van der Waals surface area (Å²) in [5.74, 6) is 0.540. The van der Waals surface area contributed by atoms with Gasteiger partial charge in [-0.25, -0.2) is 13.4 Å². The summed E-state index contributed by atoms with van der Waals surface area (Å²) in [6, 6.07) is 3.24. The summed E-state index contributed by atoms with van der Waals surface area (Å²) in [6.07, 6.45) is 4.93. The Morgan fingerprint density at radius 2 is 2.12 bits per heavy atom. The van der Waals surface area contributed by atoms with Crippen molar-refractivity contribution in [3.63, 3.8) is 0 Å². The fourth-order valence-corrected chi connectivity index (χ4v) is 2.33. The lowest BCUT2D eigenvalue weighted by atomic mass is 10.3. The quantitative estimate of drug-likeness (QED) is 0.789. The van der Waals surface area contributed by atoms with Crippen molar-refractivity contribution in [1.82, 2.24) is 4.98 Å². The van der Waals surface area contributed by atoms with E-state index in [9.17, 15) is 8.42 Å². The molecule has 0 saturated carbocycles. The second kappa shape index (κ2) is 5.30. The number of anilines is 1. The smallest absolute Gasteiger partial charge is 0.179 e. The lowest BCUT2D eigenvalue weighted by molar-refractivity contribution is 0.601. The maximum absolute atomic E-state index is 11.6. The summed E-state index contributed by atoms with van der Waals surface area (Å²) in [5.41, 5.74) is 0. The monoisotopic (exact) mass is 242 g/mol. The van der Waals surface area contributed by atoms with Crippen molar-refractivity contribution in [2.75, 3.05) is 24.7 Å². The molecule has 0 saturated heterocycles. The summed E-state index contributed by atoms with van der Waals surface area (Å²) in [4.78, 5) is 6.33. The van der Waals surface area contributed by atoms with Crippen molar-refractivity contribution in [2.45, 2.75) is 24.7 Å². The van der Waals surface area contributed by atoms with E-state index in [0.717, 1.165) is 19.4 Å². The first-order valence-corrected chi connectivity index (χ1v) is 7.22. The Morgan fingerprint density at radius 1 is 1.44 bits per heavy atom. The maximum atomic E-state index is 11.6. The highest BCUT2D eigenvalue weighted by Gasteiger charge is 2.16. The molecule has 0 radical (unpaired) electrons. The molecule has 5 heteroatoms. The zero-order valence-electron chi connectivity index (χ0n) is 9.97. The molecule has 0 aliphatic carbocycles. The zero-order chi connectivity index (χ0) is 12.2. The van der Waals surface area contributed by atoms with E-state index in [0.29, 0.717) is 10.7 Å². The highest BCUT2D eigenvalue weighted by atomic mass is 32.2. The minimum Gasteiger partial charge on any atom is -0.359 e. The van der Waals surface area contributed by atoms with Crippen LogP contribution in [0.15, 0.2) is 23.2 Å². The van der Waals surface area contributed by atoms with Gasteiger partial charge in [-0.15, -0.1) is 0 Å². The Hall–Kier alpha value is -1.10. The molecule has 0 amide bonds. The molecule has 0 spiro atoms. The standard InChI is InChI=1S/C11H18N2O2S/c1-4-5-9-13(2)11-10(16(3,14)15)7-6-8-12-11/h6-8H,4-5,9H2,1-3H3. The van der Waals surface area contributed by atoms with Gasteiger partial charge in [-0.05, 0) is 18.6 Å². The van der Waals surface area contributed by atoms with E-state index in [1.807, 2.05) is 11.9 Å². The van der Waals surface area contributed by atoms with E-state index >= 15 is 0 Å². The molecule has 0 N–H and O–H groups in total. The topological polar surface area (TPSA) is 50.3 Å². The number of sulfone groups is 1. The fraction of sp³-hybridized carbons (Fsp3) is 0.545. The van der Waals surface area contributed by atoms with Crippen molar-refractivity contribution in [3.8, 4) is 0 Å². The first kappa shape index (κ1) is 13.0. The van der Waals surface area contributed by atoms with E-state index in [4.69, 9.17) is 0 Å². The third-order valence-electron chi connectivity index (χ3n) is 2.36. The van der Waals surface area contributed by atoms with Crippen LogP contribution in [0.3, 0.4) is 0 Å². The molecule has 16 heavy (non-hydrogen) atoms. The highest BCUT2D eigenvalue weighted by Crippen LogP contribution is 2.21. The van der Waals surface area contributed by atoms with E-state index in [2.05, 4.69) is 11.9 Å². The molecule has 0 atom stereocenters. The summed E-state index contributed by atoms with van der Waals surface area (Å²) in [5, 5.41) is 0. The molecule has 1 aromatic rings. The van der Waals surface area contributed by atoms with E-state index in [1.165, 1.54) is 6.26 Å². The molecule has 90 valence electrons. The van der Waals surface area contributed by atoms with Gasteiger partial charge in [0.25, 0.3) is 0 Å². The minimum absolute atomic E-state index is 0.300. The van der Waals surface area contributed by atoms with Gasteiger partial charge in [0.05, 0.1) is 0 Å². The molecule has 0 aliphatic rings. The molecular formula is C11H18N2O2S. The van der Waals surface area contributed by atoms with Gasteiger partial charge < -0.3 is 4.90 Å². The lowest BCUT2D eigenvalue weighted by Crippen LogP contribution is -2.22. The van der Waals surface area contributed by atoms with Gasteiger partial charge >= 0.3 is 0 Å². The highest BCUT2D eigenvalue weighted by molar-refractivity contribution is 7.90. The summed E-state index contributed by atoms with van der Waals surface area (Å²) in [7, 11) is -1.34. The fourth-order valence-electron chi connectivity index (χ4n) is 1.46. The minimum atomic E-state index is -3.21. The number of aromatic nitrogens is 1. The molecular weight excluding hydrogens is 224 g/mol. The van der Waals surface area contributed by atoms with Crippen LogP contribution in [0.5, 0.6) is 0 Å². The Balaban J connectivity index is 3.04. The lowest BCUT2D eigenvalue weighted by Gasteiger charge is -2.19. The van der Waals surface area contributed by atoms with Crippen molar-refractivity contribution >= 4 is 15.7 Å². The van der Waals surface area contributed by atoms with Gasteiger partial charge in [0.15, 0.2) is 9.84 Å². The first-order chi connectivity index (χ1) is 7.46. The average molecular weight is 242 g/mol. The van der Waals surface area contributed by atoms with E-state index in [-0.39, 0.29) is 0 Å². The van der Waals surface area contributed by atoms with Gasteiger partial charge in [0.1, 0.15) is 10.7 Å². The Morgan fingerprint density at radius 3 is 2.69 bits per heavy atom. The Kier molecular flexibility index (Phi) is 4.29. The second-order valence-electron chi connectivity index (χ2n) is 3.87. The summed E-state index contributed by atoms with van der Waals surface area (Å²) in [6.45, 7) is 2.92. The number of nitrogens with zero attached hydrogens (tertiary/aromatic N) is 2. The molecule has 1 heterocycles. The van der Waals surface area contributed by atoms with Crippen LogP contribution in [0.2, 0.25) is 0 Å². The third-order valence-corrected chi connectivity index (χ3v) is 3.48. The Bertz CT molecular complexity index is 443. The van der Waals surface area contributed by atoms with Crippen LogP contribution in [0.4, 0.5) is 5.82 Å². The molecule has 4 nitrogen and oxygen atoms in total. The Labute approximate surface area is 97.2 Å². The first-order valence-electron chi connectivity index (χ1n) is 5.33. The predicted octanol–water partition coefficient (Wildman–Crippen LogP) is 1.72. The average Bonchev–Trinajstić information content (AvgIpc) is 2.24. The molecule has 0 fully saturated rings. The molecule has 0 unspecified atom stereocenters. The van der Waals surface area contributed by atoms with Gasteiger partial charge in [-0.3, -0.25) is 0 Å². The van der Waals surface area contributed by atoms with Crippen LogP contribution >= 0.6 is 0 Å². The van der Waals surface area contributed by atoms with Crippen LogP contribution in [-0.4, -0.2) is 33.2 Å². The molecule has 0 aromatic carbocycles. The van der Waals surface area contributed by atoms with Crippen LogP contribution in [0.25, 0.3) is 0 Å². The number of rotatable bonds is 5. The summed E-state index contributed by atoms with van der Waals surface area (Å²) >= 11 is 0. The zero-order valence-corrected chi connectivity index (χ0v) is 10.8. The van der Waals surface area contributed by atoms with Crippen molar-refractivity contribution in [1.29, 1.82) is 0 Å². The van der Waals surface area contributed by atoms with Gasteiger partial charge in [0, 0.05) is 26.0 Å². The molecule has 0 bridgehead atoms. The van der Waals surface area contributed by atoms with Gasteiger partial charge in [-0.1, -0.05) is 13.3 Å². The van der Waals surface area contributed by atoms with Crippen molar-refractivity contribution in [2.24, 2.45) is 0 Å². The van der Waals surface area contributed by atoms with Crippen LogP contribution in [0.1, 0.15) is 19.8 Å². The molecule has 1 aromatic heterocycles.